The van der Waals surface area contributed by atoms with Gasteiger partial charge in [0.1, 0.15) is 6.61 Å². The number of hydrogen-bond acceptors (Lipinski definition) is 3. The summed E-state index contributed by atoms with van der Waals surface area (Å²) in [5, 5.41) is 2.56. The van der Waals surface area contributed by atoms with E-state index in [1.54, 1.807) is 6.92 Å². The van der Waals surface area contributed by atoms with Gasteiger partial charge in [-0.1, -0.05) is 5.92 Å². The van der Waals surface area contributed by atoms with E-state index in [9.17, 15) is 4.79 Å². The average molecular weight is 170 g/mol. The minimum absolute atomic E-state index is 0.0581. The third-order valence-corrected chi connectivity index (χ3v) is 1.05. The fraction of sp³-hybridized carbons (Fsp3) is 0.625. The molecule has 0 saturated heterocycles. The standard InChI is InChI=1S/C8H14N2O2/c1-2-3-5-10-8(11)7-12-6-4-9/h4-7,9H2,1H3,(H,10,11). The minimum atomic E-state index is -0.161. The summed E-state index contributed by atoms with van der Waals surface area (Å²) in [6, 6.07) is 0. The van der Waals surface area contributed by atoms with Crippen molar-refractivity contribution in [3.05, 3.63) is 0 Å². The Morgan fingerprint density at radius 1 is 1.67 bits per heavy atom. The van der Waals surface area contributed by atoms with Crippen molar-refractivity contribution in [2.24, 2.45) is 5.73 Å². The van der Waals surface area contributed by atoms with Gasteiger partial charge in [0.15, 0.2) is 0 Å². The maximum atomic E-state index is 10.8. The summed E-state index contributed by atoms with van der Waals surface area (Å²) in [5.74, 6) is 5.21. The van der Waals surface area contributed by atoms with Gasteiger partial charge in [-0.15, -0.1) is 5.92 Å². The Labute approximate surface area is 72.5 Å². The molecule has 68 valence electrons. The predicted octanol–water partition coefficient (Wildman–Crippen LogP) is -0.899. The Bertz CT molecular complexity index is 181. The first-order valence-corrected chi connectivity index (χ1v) is 3.75. The van der Waals surface area contributed by atoms with Crippen LogP contribution < -0.4 is 11.1 Å². The SMILES string of the molecule is CC#CCNC(=O)COCCN. The first-order valence-electron chi connectivity index (χ1n) is 3.75. The molecule has 0 fully saturated rings. The van der Waals surface area contributed by atoms with Gasteiger partial charge in [-0.05, 0) is 6.92 Å². The minimum Gasteiger partial charge on any atom is -0.370 e. The van der Waals surface area contributed by atoms with Crippen LogP contribution in [-0.2, 0) is 9.53 Å². The van der Waals surface area contributed by atoms with Crippen LogP contribution in [0.3, 0.4) is 0 Å². The molecule has 0 unspecified atom stereocenters. The number of nitrogens with two attached hydrogens (primary N) is 1. The Kier molecular flexibility index (Phi) is 7.35. The van der Waals surface area contributed by atoms with Crippen molar-refractivity contribution in [3.8, 4) is 11.8 Å². The highest BCUT2D eigenvalue weighted by Crippen LogP contribution is 1.72. The number of hydrogen-bond donors (Lipinski definition) is 2. The smallest absolute Gasteiger partial charge is 0.246 e. The van der Waals surface area contributed by atoms with Crippen molar-refractivity contribution in [3.63, 3.8) is 0 Å². The molecule has 0 spiro atoms. The molecule has 0 aliphatic rings. The first-order chi connectivity index (χ1) is 5.81. The van der Waals surface area contributed by atoms with Crippen LogP contribution in [0.5, 0.6) is 0 Å². The molecule has 0 rings (SSSR count). The highest BCUT2D eigenvalue weighted by Gasteiger charge is 1.97. The summed E-state index contributed by atoms with van der Waals surface area (Å²) in [7, 11) is 0. The second-order valence-corrected chi connectivity index (χ2v) is 2.04. The van der Waals surface area contributed by atoms with E-state index >= 15 is 0 Å². The molecule has 12 heavy (non-hydrogen) atoms. The molecule has 4 heteroatoms. The van der Waals surface area contributed by atoms with Crippen LogP contribution in [-0.4, -0.2) is 32.2 Å². The van der Waals surface area contributed by atoms with Gasteiger partial charge in [0.25, 0.3) is 0 Å². The van der Waals surface area contributed by atoms with Gasteiger partial charge in [0.05, 0.1) is 13.2 Å². The number of rotatable bonds is 5. The highest BCUT2D eigenvalue weighted by molar-refractivity contribution is 5.77. The molecule has 0 bridgehead atoms. The van der Waals surface area contributed by atoms with Crippen molar-refractivity contribution in [2.75, 3.05) is 26.3 Å². The zero-order chi connectivity index (χ0) is 9.23. The largest absolute Gasteiger partial charge is 0.370 e. The molecule has 0 atom stereocenters. The highest BCUT2D eigenvalue weighted by atomic mass is 16.5. The van der Waals surface area contributed by atoms with E-state index < -0.39 is 0 Å². The molecule has 3 N–H and O–H groups in total. The van der Waals surface area contributed by atoms with E-state index in [1.807, 2.05) is 0 Å². The Morgan fingerprint density at radius 3 is 3.00 bits per heavy atom. The summed E-state index contributed by atoms with van der Waals surface area (Å²) in [5.41, 5.74) is 5.16. The average Bonchev–Trinajstić information content (AvgIpc) is 2.06. The van der Waals surface area contributed by atoms with Gasteiger partial charge in [0, 0.05) is 6.54 Å². The van der Waals surface area contributed by atoms with Crippen molar-refractivity contribution in [1.29, 1.82) is 0 Å². The van der Waals surface area contributed by atoms with Crippen LogP contribution >= 0.6 is 0 Å². The van der Waals surface area contributed by atoms with E-state index in [0.29, 0.717) is 19.7 Å². The van der Waals surface area contributed by atoms with E-state index in [-0.39, 0.29) is 12.5 Å². The van der Waals surface area contributed by atoms with Gasteiger partial charge < -0.3 is 15.8 Å². The Balaban J connectivity index is 3.25. The maximum Gasteiger partial charge on any atom is 0.246 e. The quantitative estimate of drug-likeness (QED) is 0.415. The van der Waals surface area contributed by atoms with Crippen LogP contribution in [0.25, 0.3) is 0 Å². The normalized spacial score (nSPS) is 8.50. The summed E-state index contributed by atoms with van der Waals surface area (Å²) in [6.07, 6.45) is 0. The summed E-state index contributed by atoms with van der Waals surface area (Å²) in [6.45, 7) is 3.00. The fourth-order valence-electron chi connectivity index (χ4n) is 0.530. The molecule has 0 aromatic carbocycles. The molecular formula is C8H14N2O2. The molecule has 0 aromatic rings. The molecule has 4 nitrogen and oxygen atoms in total. The Morgan fingerprint density at radius 2 is 2.42 bits per heavy atom. The van der Waals surface area contributed by atoms with Crippen LogP contribution in [0.15, 0.2) is 0 Å². The molecule has 0 aliphatic heterocycles. The summed E-state index contributed by atoms with van der Waals surface area (Å²) >= 11 is 0. The molecule has 0 heterocycles. The Hall–Kier alpha value is -1.05. The molecule has 0 aliphatic carbocycles. The number of ether oxygens (including phenoxy) is 1. The molecule has 1 amide bonds. The third-order valence-electron chi connectivity index (χ3n) is 1.05. The lowest BCUT2D eigenvalue weighted by Gasteiger charge is -2.01. The predicted molar refractivity (Wildman–Crippen MR) is 46.3 cm³/mol. The van der Waals surface area contributed by atoms with Gasteiger partial charge in [-0.25, -0.2) is 0 Å². The lowest BCUT2D eigenvalue weighted by atomic mass is 10.5. The third kappa shape index (κ3) is 7.06. The van der Waals surface area contributed by atoms with Crippen molar-refractivity contribution in [1.82, 2.24) is 5.32 Å². The van der Waals surface area contributed by atoms with Gasteiger partial charge in [-0.2, -0.15) is 0 Å². The van der Waals surface area contributed by atoms with E-state index in [4.69, 9.17) is 10.5 Å². The lowest BCUT2D eigenvalue weighted by molar-refractivity contribution is -0.125. The monoisotopic (exact) mass is 170 g/mol. The van der Waals surface area contributed by atoms with Crippen molar-refractivity contribution in [2.45, 2.75) is 6.92 Å². The van der Waals surface area contributed by atoms with E-state index in [2.05, 4.69) is 17.2 Å². The number of carbonyl (C=O) groups is 1. The number of amides is 1. The summed E-state index contributed by atoms with van der Waals surface area (Å²) in [4.78, 5) is 10.8. The van der Waals surface area contributed by atoms with E-state index in [0.717, 1.165) is 0 Å². The number of nitrogens with one attached hydrogen (secondary N) is 1. The number of carbonyl (C=O) groups excluding carboxylic acids is 1. The van der Waals surface area contributed by atoms with Crippen LogP contribution in [0.4, 0.5) is 0 Å². The van der Waals surface area contributed by atoms with Gasteiger partial charge in [0.2, 0.25) is 5.91 Å². The van der Waals surface area contributed by atoms with E-state index in [1.165, 1.54) is 0 Å². The second-order valence-electron chi connectivity index (χ2n) is 2.04. The summed E-state index contributed by atoms with van der Waals surface area (Å²) < 4.78 is 4.89. The molecular weight excluding hydrogens is 156 g/mol. The molecule has 0 radical (unpaired) electrons. The molecule has 0 aromatic heterocycles. The first kappa shape index (κ1) is 11.0. The van der Waals surface area contributed by atoms with Crippen LogP contribution in [0, 0.1) is 11.8 Å². The zero-order valence-electron chi connectivity index (χ0n) is 7.22. The fourth-order valence-corrected chi connectivity index (χ4v) is 0.530. The van der Waals surface area contributed by atoms with Crippen LogP contribution in [0.1, 0.15) is 6.92 Å². The van der Waals surface area contributed by atoms with Crippen LogP contribution in [0.2, 0.25) is 0 Å². The van der Waals surface area contributed by atoms with Gasteiger partial charge >= 0.3 is 0 Å². The lowest BCUT2D eigenvalue weighted by Crippen LogP contribution is -2.28. The van der Waals surface area contributed by atoms with Crippen molar-refractivity contribution < 1.29 is 9.53 Å². The van der Waals surface area contributed by atoms with Crippen molar-refractivity contribution >= 4 is 5.91 Å². The zero-order valence-corrected chi connectivity index (χ0v) is 7.22. The second kappa shape index (κ2) is 8.05. The van der Waals surface area contributed by atoms with Gasteiger partial charge in [-0.3, -0.25) is 4.79 Å². The molecule has 0 saturated carbocycles. The maximum absolute atomic E-state index is 10.8. The topological polar surface area (TPSA) is 64.3 Å².